The second kappa shape index (κ2) is 10.8. The van der Waals surface area contributed by atoms with Crippen molar-refractivity contribution >= 4 is 23.6 Å². The summed E-state index contributed by atoms with van der Waals surface area (Å²) in [5.74, 6) is -1.55. The molecule has 2 amide bonds. The Labute approximate surface area is 123 Å². The fourth-order valence-corrected chi connectivity index (χ4v) is 1.56. The first-order valence-corrected chi connectivity index (χ1v) is 6.79. The molecule has 0 rings (SSSR count). The predicted molar refractivity (Wildman–Crippen MR) is 75.7 cm³/mol. The van der Waals surface area contributed by atoms with Gasteiger partial charge in [0.1, 0.15) is 5.78 Å². The minimum absolute atomic E-state index is 0.00102. The van der Waals surface area contributed by atoms with Gasteiger partial charge in [-0.05, 0) is 20.4 Å². The van der Waals surface area contributed by atoms with Crippen molar-refractivity contribution < 1.29 is 24.3 Å². The van der Waals surface area contributed by atoms with E-state index in [1.807, 2.05) is 0 Å². The Morgan fingerprint density at radius 3 is 2.14 bits per heavy atom. The molecule has 0 aliphatic rings. The Hall–Kier alpha value is -1.96. The number of hydrogen-bond donors (Lipinski definition) is 4. The van der Waals surface area contributed by atoms with Gasteiger partial charge in [0.2, 0.25) is 11.8 Å². The first-order chi connectivity index (χ1) is 9.86. The van der Waals surface area contributed by atoms with E-state index in [-0.39, 0.29) is 49.8 Å². The number of carboxylic acid groups (broad SMARTS) is 1. The van der Waals surface area contributed by atoms with Crippen molar-refractivity contribution in [3.8, 4) is 0 Å². The summed E-state index contributed by atoms with van der Waals surface area (Å²) in [4.78, 5) is 44.3. The van der Waals surface area contributed by atoms with Crippen LogP contribution in [-0.2, 0) is 19.2 Å². The minimum atomic E-state index is -0.965. The number of nitrogens with one attached hydrogen (secondary N) is 3. The van der Waals surface area contributed by atoms with Crippen molar-refractivity contribution in [2.75, 3.05) is 20.1 Å². The van der Waals surface area contributed by atoms with Crippen LogP contribution >= 0.6 is 0 Å². The first kappa shape index (κ1) is 19.0. The number of aliphatic carboxylic acids is 1. The van der Waals surface area contributed by atoms with Gasteiger partial charge in [0.15, 0.2) is 0 Å². The molecule has 0 saturated heterocycles. The van der Waals surface area contributed by atoms with E-state index in [0.29, 0.717) is 6.54 Å². The summed E-state index contributed by atoms with van der Waals surface area (Å²) >= 11 is 0. The molecule has 0 heterocycles. The van der Waals surface area contributed by atoms with Gasteiger partial charge in [-0.1, -0.05) is 0 Å². The summed E-state index contributed by atoms with van der Waals surface area (Å²) in [6, 6.07) is -0.595. The SMILES string of the molecule is CN[C@@H](CCC(=O)O)C(=O)NCCC(=O)NCCC(C)=O. The molecule has 0 aromatic carbocycles. The third-order valence-electron chi connectivity index (χ3n) is 2.76. The van der Waals surface area contributed by atoms with Crippen molar-refractivity contribution in [1.82, 2.24) is 16.0 Å². The normalized spacial score (nSPS) is 11.5. The lowest BCUT2D eigenvalue weighted by Crippen LogP contribution is -2.44. The summed E-state index contributed by atoms with van der Waals surface area (Å²) in [5, 5.41) is 16.4. The first-order valence-electron chi connectivity index (χ1n) is 6.79. The van der Waals surface area contributed by atoms with Crippen LogP contribution in [0.15, 0.2) is 0 Å². The van der Waals surface area contributed by atoms with Crippen LogP contribution in [0.2, 0.25) is 0 Å². The summed E-state index contributed by atoms with van der Waals surface area (Å²) < 4.78 is 0. The molecule has 4 N–H and O–H groups in total. The summed E-state index contributed by atoms with van der Waals surface area (Å²) in [7, 11) is 1.57. The van der Waals surface area contributed by atoms with Crippen molar-refractivity contribution in [3.05, 3.63) is 0 Å². The number of rotatable bonds is 11. The number of carbonyl (C=O) groups is 4. The molecular weight excluding hydrogens is 278 g/mol. The fourth-order valence-electron chi connectivity index (χ4n) is 1.56. The van der Waals surface area contributed by atoms with Gasteiger partial charge in [0.25, 0.3) is 0 Å². The lowest BCUT2D eigenvalue weighted by atomic mass is 10.1. The van der Waals surface area contributed by atoms with E-state index in [4.69, 9.17) is 5.11 Å². The largest absolute Gasteiger partial charge is 0.481 e. The zero-order chi connectivity index (χ0) is 16.3. The smallest absolute Gasteiger partial charge is 0.303 e. The van der Waals surface area contributed by atoms with E-state index in [2.05, 4.69) is 16.0 Å². The maximum Gasteiger partial charge on any atom is 0.303 e. The highest BCUT2D eigenvalue weighted by Crippen LogP contribution is 1.97. The Kier molecular flexibility index (Phi) is 9.78. The maximum absolute atomic E-state index is 11.7. The second-order valence-electron chi connectivity index (χ2n) is 4.62. The summed E-state index contributed by atoms with van der Waals surface area (Å²) in [5.41, 5.74) is 0. The molecule has 0 fully saturated rings. The molecule has 0 aliphatic carbocycles. The molecule has 0 aromatic rings. The minimum Gasteiger partial charge on any atom is -0.481 e. The molecule has 8 heteroatoms. The van der Waals surface area contributed by atoms with Gasteiger partial charge < -0.3 is 21.1 Å². The van der Waals surface area contributed by atoms with Gasteiger partial charge in [-0.15, -0.1) is 0 Å². The van der Waals surface area contributed by atoms with Crippen LogP contribution in [0, 0.1) is 0 Å². The third kappa shape index (κ3) is 10.5. The Bertz CT molecular complexity index is 384. The van der Waals surface area contributed by atoms with Crippen LogP contribution in [0.3, 0.4) is 0 Å². The van der Waals surface area contributed by atoms with E-state index in [9.17, 15) is 19.2 Å². The number of hydrogen-bond acceptors (Lipinski definition) is 5. The molecule has 8 nitrogen and oxygen atoms in total. The zero-order valence-electron chi connectivity index (χ0n) is 12.4. The van der Waals surface area contributed by atoms with E-state index in [1.54, 1.807) is 7.05 Å². The Morgan fingerprint density at radius 1 is 1.00 bits per heavy atom. The van der Waals surface area contributed by atoms with Crippen LogP contribution < -0.4 is 16.0 Å². The van der Waals surface area contributed by atoms with Gasteiger partial charge in [-0.2, -0.15) is 0 Å². The number of Topliss-reactive ketones (excluding diaryl/α,β-unsaturated/α-hetero) is 1. The van der Waals surface area contributed by atoms with Crippen LogP contribution in [0.1, 0.15) is 32.6 Å². The fraction of sp³-hybridized carbons (Fsp3) is 0.692. The molecule has 21 heavy (non-hydrogen) atoms. The average Bonchev–Trinajstić information content (AvgIpc) is 2.38. The van der Waals surface area contributed by atoms with Crippen LogP contribution in [0.25, 0.3) is 0 Å². The highest BCUT2D eigenvalue weighted by Gasteiger charge is 2.17. The molecule has 0 aliphatic heterocycles. The molecule has 0 unspecified atom stereocenters. The second-order valence-corrected chi connectivity index (χ2v) is 4.62. The molecule has 0 saturated carbocycles. The molecule has 0 aromatic heterocycles. The highest BCUT2D eigenvalue weighted by atomic mass is 16.4. The van der Waals surface area contributed by atoms with Gasteiger partial charge in [-0.3, -0.25) is 19.2 Å². The molecule has 0 bridgehead atoms. The number of carboxylic acids is 1. The van der Waals surface area contributed by atoms with Crippen molar-refractivity contribution in [1.29, 1.82) is 0 Å². The van der Waals surface area contributed by atoms with Crippen LogP contribution in [0.5, 0.6) is 0 Å². The standard InChI is InChI=1S/C13H23N3O5/c1-9(17)5-7-15-11(18)6-8-16-13(21)10(14-2)3-4-12(19)20/h10,14H,3-8H2,1-2H3,(H,15,18)(H,16,21)(H,19,20)/t10-/m0/s1. The van der Waals surface area contributed by atoms with E-state index in [0.717, 1.165) is 0 Å². The van der Waals surface area contributed by atoms with Crippen LogP contribution in [0.4, 0.5) is 0 Å². The molecule has 0 radical (unpaired) electrons. The molecule has 120 valence electrons. The number of ketones is 1. The van der Waals surface area contributed by atoms with Crippen LogP contribution in [-0.4, -0.2) is 54.9 Å². The number of carbonyl (C=O) groups excluding carboxylic acids is 3. The quantitative estimate of drug-likeness (QED) is 0.389. The van der Waals surface area contributed by atoms with Crippen molar-refractivity contribution in [2.24, 2.45) is 0 Å². The zero-order valence-corrected chi connectivity index (χ0v) is 12.4. The molecule has 0 spiro atoms. The lowest BCUT2D eigenvalue weighted by molar-refractivity contribution is -0.137. The van der Waals surface area contributed by atoms with Gasteiger partial charge in [-0.25, -0.2) is 0 Å². The lowest BCUT2D eigenvalue weighted by Gasteiger charge is -2.14. The molecule has 1 atom stereocenters. The monoisotopic (exact) mass is 301 g/mol. The van der Waals surface area contributed by atoms with Gasteiger partial charge >= 0.3 is 5.97 Å². The maximum atomic E-state index is 11.7. The Balaban J connectivity index is 3.87. The average molecular weight is 301 g/mol. The van der Waals surface area contributed by atoms with Gasteiger partial charge in [0.05, 0.1) is 6.04 Å². The van der Waals surface area contributed by atoms with Gasteiger partial charge in [0, 0.05) is 32.4 Å². The van der Waals surface area contributed by atoms with Crippen molar-refractivity contribution in [3.63, 3.8) is 0 Å². The summed E-state index contributed by atoms with van der Waals surface area (Å²) in [6.45, 7) is 1.90. The third-order valence-corrected chi connectivity index (χ3v) is 2.76. The molecular formula is C13H23N3O5. The topological polar surface area (TPSA) is 125 Å². The highest BCUT2D eigenvalue weighted by molar-refractivity contribution is 5.83. The van der Waals surface area contributed by atoms with E-state index in [1.165, 1.54) is 6.92 Å². The number of likely N-dealkylation sites (N-methyl/N-ethyl adjacent to an activating group) is 1. The van der Waals surface area contributed by atoms with E-state index < -0.39 is 12.0 Å². The van der Waals surface area contributed by atoms with Crippen molar-refractivity contribution in [2.45, 2.75) is 38.6 Å². The predicted octanol–water partition coefficient (Wildman–Crippen LogP) is -0.959. The van der Waals surface area contributed by atoms with E-state index >= 15 is 0 Å². The Morgan fingerprint density at radius 2 is 1.62 bits per heavy atom. The number of amides is 2. The summed E-state index contributed by atoms with van der Waals surface area (Å²) in [6.07, 6.45) is 0.473.